The molecule has 1 aromatic rings. The number of amides is 1. The standard InChI is InChI=1S/C22H36N6O6/c1-16-19(26-14-12-25(13-15-26)8-3-5-18(29)30)33-22(32)28(16)9-2-4-17-6-10-27(11-7-17)20-23-21(31)34-24-20/h16-17,19H,2-15H2,1H3,(H,29,30)(H,23,24,31). The number of anilines is 1. The number of nitrogens with zero attached hydrogens (tertiary/aromatic N) is 5. The number of piperidine rings is 1. The molecule has 0 saturated carbocycles. The van der Waals surface area contributed by atoms with Gasteiger partial charge in [-0.2, -0.15) is 0 Å². The van der Waals surface area contributed by atoms with Crippen LogP contribution in [-0.2, 0) is 9.53 Å². The Morgan fingerprint density at radius 3 is 2.47 bits per heavy atom. The number of carboxylic acids is 1. The van der Waals surface area contributed by atoms with Crippen LogP contribution in [0.25, 0.3) is 0 Å². The molecule has 12 nitrogen and oxygen atoms in total. The molecule has 3 aliphatic rings. The van der Waals surface area contributed by atoms with E-state index >= 15 is 0 Å². The molecular weight excluding hydrogens is 444 g/mol. The maximum Gasteiger partial charge on any atom is 0.440 e. The molecule has 2 N–H and O–H groups in total. The molecule has 3 saturated heterocycles. The number of ether oxygens (including phenoxy) is 1. The number of hydrogen-bond donors (Lipinski definition) is 2. The molecule has 0 aromatic carbocycles. The number of cyclic esters (lactones) is 1. The Labute approximate surface area is 198 Å². The molecule has 0 spiro atoms. The van der Waals surface area contributed by atoms with E-state index in [9.17, 15) is 14.4 Å². The van der Waals surface area contributed by atoms with Crippen molar-refractivity contribution in [3.8, 4) is 0 Å². The Kier molecular flexibility index (Phi) is 8.09. The second-order valence-corrected chi connectivity index (χ2v) is 9.57. The summed E-state index contributed by atoms with van der Waals surface area (Å²) in [7, 11) is 0. The summed E-state index contributed by atoms with van der Waals surface area (Å²) >= 11 is 0. The summed E-state index contributed by atoms with van der Waals surface area (Å²) in [4.78, 5) is 45.4. The molecule has 1 aromatic heterocycles. The van der Waals surface area contributed by atoms with Gasteiger partial charge in [0.05, 0.1) is 6.04 Å². The molecule has 3 fully saturated rings. The highest BCUT2D eigenvalue weighted by Crippen LogP contribution is 2.27. The average molecular weight is 481 g/mol. The minimum atomic E-state index is -0.750. The average Bonchev–Trinajstić information content (AvgIpc) is 3.38. The number of H-pyrrole nitrogens is 1. The topological polar surface area (TPSA) is 135 Å². The molecule has 0 bridgehead atoms. The Balaban J connectivity index is 1.15. The van der Waals surface area contributed by atoms with Crippen molar-refractivity contribution in [2.75, 3.05) is 57.3 Å². The first-order chi connectivity index (χ1) is 16.4. The maximum atomic E-state index is 12.6. The summed E-state index contributed by atoms with van der Waals surface area (Å²) in [5, 5.41) is 12.6. The minimum Gasteiger partial charge on any atom is -0.481 e. The number of aromatic amines is 1. The Morgan fingerprint density at radius 2 is 1.82 bits per heavy atom. The molecule has 0 radical (unpaired) electrons. The van der Waals surface area contributed by atoms with E-state index in [0.29, 0.717) is 24.8 Å². The zero-order chi connectivity index (χ0) is 24.1. The summed E-state index contributed by atoms with van der Waals surface area (Å²) in [6.45, 7) is 8.58. The van der Waals surface area contributed by atoms with E-state index in [1.54, 1.807) is 0 Å². The number of carbonyl (C=O) groups is 2. The van der Waals surface area contributed by atoms with Crippen molar-refractivity contribution in [2.45, 2.75) is 57.7 Å². The van der Waals surface area contributed by atoms with Gasteiger partial charge in [-0.05, 0) is 56.6 Å². The molecule has 4 rings (SSSR count). The number of nitrogens with one attached hydrogen (secondary N) is 1. The highest BCUT2D eigenvalue weighted by molar-refractivity contribution is 5.70. The molecule has 2 atom stereocenters. The lowest BCUT2D eigenvalue weighted by Crippen LogP contribution is -2.53. The number of carboxylic acid groups (broad SMARTS) is 1. The van der Waals surface area contributed by atoms with Crippen LogP contribution in [0.5, 0.6) is 0 Å². The number of aliphatic carboxylic acids is 1. The van der Waals surface area contributed by atoms with Crippen LogP contribution in [0.15, 0.2) is 9.32 Å². The summed E-state index contributed by atoms with van der Waals surface area (Å²) in [5.41, 5.74) is 0. The van der Waals surface area contributed by atoms with E-state index < -0.39 is 11.7 Å². The lowest BCUT2D eigenvalue weighted by Gasteiger charge is -2.38. The van der Waals surface area contributed by atoms with Gasteiger partial charge in [-0.25, -0.2) is 9.59 Å². The van der Waals surface area contributed by atoms with Crippen LogP contribution in [-0.4, -0.2) is 107 Å². The fraction of sp³-hybridized carbons (Fsp3) is 0.818. The fourth-order valence-electron chi connectivity index (χ4n) is 5.30. The molecule has 1 amide bonds. The Morgan fingerprint density at radius 1 is 1.09 bits per heavy atom. The summed E-state index contributed by atoms with van der Waals surface area (Å²) in [6, 6.07) is 0.0110. The highest BCUT2D eigenvalue weighted by atomic mass is 16.6. The van der Waals surface area contributed by atoms with Crippen LogP contribution in [0.2, 0.25) is 0 Å². The van der Waals surface area contributed by atoms with Gasteiger partial charge < -0.3 is 24.5 Å². The first-order valence-electron chi connectivity index (χ1n) is 12.4. The van der Waals surface area contributed by atoms with Crippen molar-refractivity contribution in [3.05, 3.63) is 10.6 Å². The van der Waals surface area contributed by atoms with Crippen molar-refractivity contribution >= 4 is 18.0 Å². The smallest absolute Gasteiger partial charge is 0.440 e. The first-order valence-corrected chi connectivity index (χ1v) is 12.4. The van der Waals surface area contributed by atoms with Gasteiger partial charge in [-0.3, -0.25) is 19.2 Å². The molecular formula is C22H36N6O6. The predicted molar refractivity (Wildman–Crippen MR) is 123 cm³/mol. The van der Waals surface area contributed by atoms with Crippen LogP contribution >= 0.6 is 0 Å². The van der Waals surface area contributed by atoms with E-state index in [1.807, 2.05) is 9.80 Å². The molecule has 3 aliphatic heterocycles. The van der Waals surface area contributed by atoms with Gasteiger partial charge in [0.1, 0.15) is 0 Å². The maximum absolute atomic E-state index is 12.6. The monoisotopic (exact) mass is 480 g/mol. The Bertz CT molecular complexity index is 873. The fourth-order valence-corrected chi connectivity index (χ4v) is 5.30. The summed E-state index contributed by atoms with van der Waals surface area (Å²) in [5.74, 6) is -0.183. The molecule has 4 heterocycles. The number of rotatable bonds is 10. The van der Waals surface area contributed by atoms with Crippen LogP contribution < -0.4 is 10.7 Å². The molecule has 2 unspecified atom stereocenters. The van der Waals surface area contributed by atoms with Crippen LogP contribution in [0.4, 0.5) is 10.7 Å². The van der Waals surface area contributed by atoms with Gasteiger partial charge in [0.2, 0.25) is 5.95 Å². The number of aromatic nitrogens is 2. The third kappa shape index (κ3) is 6.09. The molecule has 0 aliphatic carbocycles. The van der Waals surface area contributed by atoms with Gasteiger partial charge in [-0.1, -0.05) is 0 Å². The van der Waals surface area contributed by atoms with Crippen molar-refractivity contribution in [1.29, 1.82) is 0 Å². The lowest BCUT2D eigenvalue weighted by molar-refractivity contribution is -0.137. The van der Waals surface area contributed by atoms with E-state index in [-0.39, 0.29) is 24.8 Å². The van der Waals surface area contributed by atoms with Gasteiger partial charge in [0, 0.05) is 52.2 Å². The predicted octanol–water partition coefficient (Wildman–Crippen LogP) is 1.01. The highest BCUT2D eigenvalue weighted by Gasteiger charge is 2.42. The quantitative estimate of drug-likeness (QED) is 0.499. The zero-order valence-corrected chi connectivity index (χ0v) is 19.9. The third-order valence-electron chi connectivity index (χ3n) is 7.35. The number of piperazine rings is 1. The van der Waals surface area contributed by atoms with Crippen LogP contribution in [0.3, 0.4) is 0 Å². The number of hydrogen-bond acceptors (Lipinski definition) is 9. The van der Waals surface area contributed by atoms with E-state index in [4.69, 9.17) is 9.84 Å². The third-order valence-corrected chi connectivity index (χ3v) is 7.35. The number of carbonyl (C=O) groups excluding carboxylic acids is 1. The second-order valence-electron chi connectivity index (χ2n) is 9.57. The van der Waals surface area contributed by atoms with Crippen LogP contribution in [0, 0.1) is 5.92 Å². The normalized spacial score (nSPS) is 25.1. The second kappa shape index (κ2) is 11.2. The molecule has 190 valence electrons. The van der Waals surface area contributed by atoms with Crippen molar-refractivity contribution < 1.29 is 24.0 Å². The summed E-state index contributed by atoms with van der Waals surface area (Å²) in [6.07, 6.45) is 4.45. The van der Waals surface area contributed by atoms with E-state index in [2.05, 4.69) is 31.4 Å². The molecule has 12 heteroatoms. The van der Waals surface area contributed by atoms with Crippen LogP contribution in [0.1, 0.15) is 45.4 Å². The van der Waals surface area contributed by atoms with E-state index in [1.165, 1.54) is 0 Å². The minimum absolute atomic E-state index is 0.0110. The first kappa shape index (κ1) is 24.5. The van der Waals surface area contributed by atoms with Crippen molar-refractivity contribution in [1.82, 2.24) is 24.8 Å². The zero-order valence-electron chi connectivity index (χ0n) is 19.9. The van der Waals surface area contributed by atoms with Gasteiger partial charge >= 0.3 is 17.8 Å². The summed E-state index contributed by atoms with van der Waals surface area (Å²) < 4.78 is 10.3. The lowest BCUT2D eigenvalue weighted by atomic mass is 9.92. The Hall–Kier alpha value is -2.60. The largest absolute Gasteiger partial charge is 0.481 e. The SMILES string of the molecule is CC1C(N2CCN(CCCC(=O)O)CC2)OC(=O)N1CCCC1CCN(c2noc(=O)[nH]2)CC1. The molecule has 34 heavy (non-hydrogen) atoms. The van der Waals surface area contributed by atoms with Gasteiger partial charge in [0.25, 0.3) is 0 Å². The van der Waals surface area contributed by atoms with Crippen molar-refractivity contribution in [3.63, 3.8) is 0 Å². The van der Waals surface area contributed by atoms with E-state index in [0.717, 1.165) is 71.5 Å². The van der Waals surface area contributed by atoms with Gasteiger partial charge in [0.15, 0.2) is 6.23 Å². The van der Waals surface area contributed by atoms with Gasteiger partial charge in [-0.15, -0.1) is 0 Å². The van der Waals surface area contributed by atoms with Crippen molar-refractivity contribution in [2.24, 2.45) is 5.92 Å².